The third-order valence-electron chi connectivity index (χ3n) is 6.34. The molecule has 11 heteroatoms. The molecule has 1 aromatic heterocycles. The van der Waals surface area contributed by atoms with Gasteiger partial charge in [-0.25, -0.2) is 0 Å². The van der Waals surface area contributed by atoms with Crippen LogP contribution in [-0.2, 0) is 14.4 Å². The number of aromatic nitrogens is 1. The van der Waals surface area contributed by atoms with Gasteiger partial charge in [-0.3, -0.25) is 24.0 Å². The van der Waals surface area contributed by atoms with Crippen molar-refractivity contribution in [3.05, 3.63) is 65.9 Å². The van der Waals surface area contributed by atoms with Crippen molar-refractivity contribution in [3.63, 3.8) is 0 Å². The molecule has 1 unspecified atom stereocenters. The van der Waals surface area contributed by atoms with Gasteiger partial charge in [0, 0.05) is 43.3 Å². The van der Waals surface area contributed by atoms with Gasteiger partial charge in [-0.15, -0.1) is 0 Å². The Labute approximate surface area is 212 Å². The fourth-order valence-corrected chi connectivity index (χ4v) is 4.28. The summed E-state index contributed by atoms with van der Waals surface area (Å²) in [4.78, 5) is 68.3. The lowest BCUT2D eigenvalue weighted by Crippen LogP contribution is -2.52. The number of anilines is 1. The van der Waals surface area contributed by atoms with Crippen LogP contribution < -0.4 is 10.6 Å². The number of nitrogens with one attached hydrogen (secondary N) is 3. The normalized spacial score (nSPS) is 14.3. The Morgan fingerprint density at radius 1 is 0.946 bits per heavy atom. The summed E-state index contributed by atoms with van der Waals surface area (Å²) in [5.41, 5.74) is 1.55. The van der Waals surface area contributed by atoms with Crippen LogP contribution in [0.1, 0.15) is 27.1 Å². The van der Waals surface area contributed by atoms with Gasteiger partial charge in [0.15, 0.2) is 0 Å². The van der Waals surface area contributed by atoms with Crippen molar-refractivity contribution in [1.29, 1.82) is 0 Å². The summed E-state index contributed by atoms with van der Waals surface area (Å²) in [6.45, 7) is 1.12. The molecule has 1 atom stereocenters. The molecule has 1 fully saturated rings. The maximum Gasteiger partial charge on any atom is 0.321 e. The average Bonchev–Trinajstić information content (AvgIpc) is 3.36. The number of likely N-dealkylation sites (N-methyl/N-ethyl adjacent to an activating group) is 1. The van der Waals surface area contributed by atoms with Crippen molar-refractivity contribution in [2.24, 2.45) is 0 Å². The van der Waals surface area contributed by atoms with Crippen LogP contribution in [0.4, 0.5) is 5.69 Å². The maximum atomic E-state index is 13.1. The Balaban J connectivity index is 1.42. The molecule has 11 nitrogen and oxygen atoms in total. The molecule has 37 heavy (non-hydrogen) atoms. The fraction of sp³-hybridized carbons (Fsp3) is 0.269. The van der Waals surface area contributed by atoms with E-state index in [2.05, 4.69) is 15.6 Å². The number of piperazine rings is 1. The molecule has 1 saturated heterocycles. The van der Waals surface area contributed by atoms with Crippen LogP contribution in [0, 0.1) is 0 Å². The number of amides is 3. The molecule has 3 aromatic rings. The summed E-state index contributed by atoms with van der Waals surface area (Å²) in [5.74, 6) is -3.14. The van der Waals surface area contributed by atoms with E-state index in [1.807, 2.05) is 6.07 Å². The number of ketones is 1. The molecule has 1 aliphatic heterocycles. The molecule has 3 amide bonds. The van der Waals surface area contributed by atoms with Gasteiger partial charge in [-0.1, -0.05) is 30.3 Å². The van der Waals surface area contributed by atoms with Gasteiger partial charge >= 0.3 is 5.97 Å². The number of nitrogens with zero attached hydrogens (tertiary/aromatic N) is 2. The number of carbonyl (C=O) groups excluding carboxylic acids is 4. The van der Waals surface area contributed by atoms with E-state index < -0.39 is 29.6 Å². The summed E-state index contributed by atoms with van der Waals surface area (Å²) < 4.78 is 0. The standard InChI is InChI=1S/C26H27N5O6/c1-27-20(26(36)37)14-21(32)29-19-9-5-8-17-18(15-28-22(17)19)23(33)25(35)31-12-10-30(11-13-31)24(34)16-6-3-2-4-7-16/h2-9,15,20,27-28H,10-14H2,1H3,(H,29,32)(H,36,37). The number of Topliss-reactive ketones (excluding diaryl/α,β-unsaturated/α-hetero) is 1. The van der Waals surface area contributed by atoms with E-state index in [4.69, 9.17) is 5.11 Å². The van der Waals surface area contributed by atoms with Crippen molar-refractivity contribution < 1.29 is 29.1 Å². The molecule has 2 heterocycles. The number of H-pyrrole nitrogens is 1. The highest BCUT2D eigenvalue weighted by atomic mass is 16.4. The van der Waals surface area contributed by atoms with E-state index in [1.165, 1.54) is 18.1 Å². The Morgan fingerprint density at radius 2 is 1.62 bits per heavy atom. The van der Waals surface area contributed by atoms with E-state index in [9.17, 15) is 24.0 Å². The first-order valence-electron chi connectivity index (χ1n) is 11.8. The summed E-state index contributed by atoms with van der Waals surface area (Å²) in [6, 6.07) is 12.8. The lowest BCUT2D eigenvalue weighted by atomic mass is 10.1. The van der Waals surface area contributed by atoms with E-state index in [1.54, 1.807) is 47.4 Å². The van der Waals surface area contributed by atoms with Crippen LogP contribution in [0.2, 0.25) is 0 Å². The average molecular weight is 506 g/mol. The third-order valence-corrected chi connectivity index (χ3v) is 6.34. The predicted molar refractivity (Wildman–Crippen MR) is 135 cm³/mol. The van der Waals surface area contributed by atoms with Gasteiger partial charge in [0.05, 0.1) is 23.2 Å². The van der Waals surface area contributed by atoms with Gasteiger partial charge in [0.1, 0.15) is 6.04 Å². The Morgan fingerprint density at radius 3 is 2.27 bits per heavy atom. The van der Waals surface area contributed by atoms with E-state index >= 15 is 0 Å². The maximum absolute atomic E-state index is 13.1. The summed E-state index contributed by atoms with van der Waals surface area (Å²) in [5, 5.41) is 14.8. The Bertz CT molecular complexity index is 1340. The first-order valence-corrected chi connectivity index (χ1v) is 11.8. The Hall–Kier alpha value is -4.51. The molecule has 0 aliphatic carbocycles. The van der Waals surface area contributed by atoms with Crippen molar-refractivity contribution in [2.75, 3.05) is 38.5 Å². The van der Waals surface area contributed by atoms with E-state index in [-0.39, 0.29) is 31.0 Å². The van der Waals surface area contributed by atoms with Crippen LogP contribution in [0.25, 0.3) is 10.9 Å². The Kier molecular flexibility index (Phi) is 7.63. The van der Waals surface area contributed by atoms with Gasteiger partial charge in [-0.2, -0.15) is 0 Å². The second-order valence-electron chi connectivity index (χ2n) is 8.64. The number of rotatable bonds is 8. The van der Waals surface area contributed by atoms with Crippen LogP contribution in [0.5, 0.6) is 0 Å². The molecule has 0 saturated carbocycles. The minimum atomic E-state index is -1.15. The number of para-hydroxylation sites is 1. The SMILES string of the molecule is CNC(CC(=O)Nc1cccc2c(C(=O)C(=O)N3CCN(C(=O)c4ccccc4)CC3)c[nH]c12)C(=O)O. The number of aromatic amines is 1. The zero-order valence-electron chi connectivity index (χ0n) is 20.2. The lowest BCUT2D eigenvalue weighted by molar-refractivity contribution is -0.140. The highest BCUT2D eigenvalue weighted by Crippen LogP contribution is 2.26. The molecule has 0 bridgehead atoms. The fourth-order valence-electron chi connectivity index (χ4n) is 4.28. The van der Waals surface area contributed by atoms with Crippen molar-refractivity contribution in [1.82, 2.24) is 20.1 Å². The summed E-state index contributed by atoms with van der Waals surface area (Å²) in [6.07, 6.45) is 1.13. The third kappa shape index (κ3) is 5.51. The number of fused-ring (bicyclic) bond motifs is 1. The zero-order chi connectivity index (χ0) is 26.5. The quantitative estimate of drug-likeness (QED) is 0.266. The minimum Gasteiger partial charge on any atom is -0.480 e. The van der Waals surface area contributed by atoms with Gasteiger partial charge in [-0.05, 0) is 25.2 Å². The predicted octanol–water partition coefficient (Wildman–Crippen LogP) is 1.34. The van der Waals surface area contributed by atoms with Crippen molar-refractivity contribution >= 4 is 46.1 Å². The van der Waals surface area contributed by atoms with Gasteiger partial charge in [0.2, 0.25) is 5.91 Å². The number of aliphatic carboxylic acids is 1. The summed E-state index contributed by atoms with van der Waals surface area (Å²) >= 11 is 0. The molecule has 192 valence electrons. The highest BCUT2D eigenvalue weighted by Gasteiger charge is 2.30. The molecular weight excluding hydrogens is 478 g/mol. The first kappa shape index (κ1) is 25.6. The highest BCUT2D eigenvalue weighted by molar-refractivity contribution is 6.45. The monoisotopic (exact) mass is 505 g/mol. The molecule has 2 aromatic carbocycles. The van der Waals surface area contributed by atoms with Crippen molar-refractivity contribution in [3.8, 4) is 0 Å². The van der Waals surface area contributed by atoms with Crippen LogP contribution in [0.3, 0.4) is 0 Å². The number of hydrogen-bond donors (Lipinski definition) is 4. The molecule has 4 rings (SSSR count). The number of carboxylic acid groups (broad SMARTS) is 1. The summed E-state index contributed by atoms with van der Waals surface area (Å²) in [7, 11) is 1.45. The van der Waals surface area contributed by atoms with E-state index in [0.29, 0.717) is 35.2 Å². The number of benzene rings is 2. The number of hydrogen-bond acceptors (Lipinski definition) is 6. The minimum absolute atomic E-state index is 0.116. The lowest BCUT2D eigenvalue weighted by Gasteiger charge is -2.34. The second-order valence-corrected chi connectivity index (χ2v) is 8.64. The zero-order valence-corrected chi connectivity index (χ0v) is 20.2. The smallest absolute Gasteiger partial charge is 0.321 e. The molecule has 1 aliphatic rings. The van der Waals surface area contributed by atoms with Gasteiger partial charge in [0.25, 0.3) is 17.6 Å². The molecule has 0 spiro atoms. The number of carbonyl (C=O) groups is 5. The molecule has 4 N–H and O–H groups in total. The van der Waals surface area contributed by atoms with Crippen LogP contribution >= 0.6 is 0 Å². The van der Waals surface area contributed by atoms with Crippen LogP contribution in [-0.4, -0.2) is 88.6 Å². The largest absolute Gasteiger partial charge is 0.480 e. The second kappa shape index (κ2) is 11.0. The first-order chi connectivity index (χ1) is 17.8. The topological polar surface area (TPSA) is 152 Å². The van der Waals surface area contributed by atoms with Crippen molar-refractivity contribution in [2.45, 2.75) is 12.5 Å². The van der Waals surface area contributed by atoms with Crippen LogP contribution in [0.15, 0.2) is 54.7 Å². The number of carboxylic acids is 1. The molecular formula is C26H27N5O6. The van der Waals surface area contributed by atoms with Gasteiger partial charge < -0.3 is 30.5 Å². The molecule has 0 radical (unpaired) electrons. The van der Waals surface area contributed by atoms with E-state index in [0.717, 1.165) is 0 Å².